The fourth-order valence-electron chi connectivity index (χ4n) is 1.15. The molecule has 0 heterocycles. The van der Waals surface area contributed by atoms with Crippen LogP contribution in [0.25, 0.3) is 0 Å². The first-order valence-electron chi connectivity index (χ1n) is 5.10. The van der Waals surface area contributed by atoms with Crippen LogP contribution in [-0.4, -0.2) is 23.1 Å². The zero-order valence-electron chi connectivity index (χ0n) is 9.39. The molecule has 0 amide bonds. The van der Waals surface area contributed by atoms with Crippen LogP contribution in [0.3, 0.4) is 0 Å². The van der Waals surface area contributed by atoms with Crippen molar-refractivity contribution in [1.29, 1.82) is 0 Å². The molecule has 1 rings (SSSR count). The van der Waals surface area contributed by atoms with Crippen molar-refractivity contribution < 1.29 is 14.3 Å². The van der Waals surface area contributed by atoms with Gasteiger partial charge in [0.2, 0.25) is 0 Å². The lowest BCUT2D eigenvalue weighted by molar-refractivity contribution is -0.146. The number of esters is 1. The molecular formula is C12H13ClO3S. The van der Waals surface area contributed by atoms with Crippen molar-refractivity contribution in [3.05, 3.63) is 30.3 Å². The quantitative estimate of drug-likeness (QED) is 0.263. The zero-order valence-corrected chi connectivity index (χ0v) is 11.0. The molecule has 0 spiro atoms. The van der Waals surface area contributed by atoms with E-state index >= 15 is 0 Å². The van der Waals surface area contributed by atoms with Gasteiger partial charge in [0.25, 0.3) is 0 Å². The van der Waals surface area contributed by atoms with Gasteiger partial charge >= 0.3 is 5.97 Å². The van der Waals surface area contributed by atoms with E-state index < -0.39 is 5.97 Å². The minimum absolute atomic E-state index is 0.157. The zero-order chi connectivity index (χ0) is 12.7. The predicted octanol–water partition coefficient (Wildman–Crippen LogP) is 2.87. The van der Waals surface area contributed by atoms with E-state index in [1.54, 1.807) is 6.92 Å². The Bertz CT molecular complexity index is 381. The Morgan fingerprint density at radius 1 is 1.35 bits per heavy atom. The number of Topliss-reactive ketones (excluding diaryl/α,β-unsaturated/α-hetero) is 1. The number of hydrogen-bond acceptors (Lipinski definition) is 4. The summed E-state index contributed by atoms with van der Waals surface area (Å²) in [7, 11) is 0. The fourth-order valence-corrected chi connectivity index (χ4v) is 2.10. The highest BCUT2D eigenvalue weighted by Gasteiger charge is 2.14. The SMILES string of the molecule is CC(OC(=O)CC(=O)CCl)Sc1ccccc1. The smallest absolute Gasteiger partial charge is 0.314 e. The standard InChI is InChI=1S/C12H13ClO3S/c1-9(16-12(15)7-10(14)8-13)17-11-5-3-2-4-6-11/h2-6,9H,7-8H2,1H3. The second-order valence-electron chi connectivity index (χ2n) is 3.34. The maximum atomic E-state index is 11.3. The molecule has 92 valence electrons. The molecule has 5 heteroatoms. The van der Waals surface area contributed by atoms with Crippen LogP contribution in [-0.2, 0) is 14.3 Å². The molecule has 0 saturated heterocycles. The third kappa shape index (κ3) is 5.75. The van der Waals surface area contributed by atoms with E-state index in [9.17, 15) is 9.59 Å². The number of hydrogen-bond donors (Lipinski definition) is 0. The summed E-state index contributed by atoms with van der Waals surface area (Å²) in [5.41, 5.74) is -0.326. The number of carbonyl (C=O) groups excluding carboxylic acids is 2. The van der Waals surface area contributed by atoms with E-state index in [2.05, 4.69) is 0 Å². The summed E-state index contributed by atoms with van der Waals surface area (Å²) in [5, 5.41) is 0. The first-order valence-corrected chi connectivity index (χ1v) is 6.52. The number of ketones is 1. The molecule has 0 radical (unpaired) electrons. The molecule has 3 nitrogen and oxygen atoms in total. The van der Waals surface area contributed by atoms with Crippen molar-refractivity contribution in [2.24, 2.45) is 0 Å². The average Bonchev–Trinajstić information content (AvgIpc) is 2.29. The Morgan fingerprint density at radius 3 is 2.59 bits per heavy atom. The van der Waals surface area contributed by atoms with E-state index in [-0.39, 0.29) is 23.5 Å². The second kappa shape index (κ2) is 7.35. The molecule has 1 aromatic rings. The van der Waals surface area contributed by atoms with Crippen LogP contribution in [0.2, 0.25) is 0 Å². The number of alkyl halides is 1. The minimum atomic E-state index is -0.536. The van der Waals surface area contributed by atoms with Gasteiger partial charge < -0.3 is 4.74 Å². The number of rotatable bonds is 6. The first kappa shape index (κ1) is 14.1. The molecular weight excluding hydrogens is 260 g/mol. The highest BCUT2D eigenvalue weighted by molar-refractivity contribution is 7.99. The summed E-state index contributed by atoms with van der Waals surface area (Å²) in [6, 6.07) is 9.60. The van der Waals surface area contributed by atoms with E-state index in [0.29, 0.717) is 0 Å². The van der Waals surface area contributed by atoms with E-state index in [1.807, 2.05) is 30.3 Å². The van der Waals surface area contributed by atoms with Crippen LogP contribution in [0.1, 0.15) is 13.3 Å². The van der Waals surface area contributed by atoms with Crippen molar-refractivity contribution in [2.75, 3.05) is 5.88 Å². The largest absolute Gasteiger partial charge is 0.451 e. The van der Waals surface area contributed by atoms with Gasteiger partial charge in [0, 0.05) is 4.90 Å². The topological polar surface area (TPSA) is 43.4 Å². The Labute approximate surface area is 109 Å². The van der Waals surface area contributed by atoms with Gasteiger partial charge in [-0.1, -0.05) is 30.0 Å². The van der Waals surface area contributed by atoms with Crippen LogP contribution < -0.4 is 0 Å². The molecule has 0 aliphatic heterocycles. The van der Waals surface area contributed by atoms with Crippen molar-refractivity contribution in [2.45, 2.75) is 23.7 Å². The molecule has 0 bridgehead atoms. The Kier molecular flexibility index (Phi) is 6.08. The normalized spacial score (nSPS) is 11.9. The minimum Gasteiger partial charge on any atom is -0.451 e. The van der Waals surface area contributed by atoms with Crippen LogP contribution >= 0.6 is 23.4 Å². The molecule has 0 aromatic heterocycles. The Balaban J connectivity index is 2.37. The summed E-state index contributed by atoms with van der Waals surface area (Å²) < 4.78 is 5.07. The van der Waals surface area contributed by atoms with Crippen molar-refractivity contribution in [3.63, 3.8) is 0 Å². The highest BCUT2D eigenvalue weighted by Crippen LogP contribution is 2.23. The average molecular weight is 273 g/mol. The van der Waals surface area contributed by atoms with Crippen molar-refractivity contribution in [3.8, 4) is 0 Å². The third-order valence-corrected chi connectivity index (χ3v) is 3.10. The lowest BCUT2D eigenvalue weighted by Crippen LogP contribution is -2.16. The van der Waals surface area contributed by atoms with E-state index in [4.69, 9.17) is 16.3 Å². The number of benzene rings is 1. The van der Waals surface area contributed by atoms with Crippen LogP contribution in [0, 0.1) is 0 Å². The number of halogens is 1. The summed E-state index contributed by atoms with van der Waals surface area (Å²) in [6.45, 7) is 1.76. The Hall–Kier alpha value is -1.00. The Morgan fingerprint density at radius 2 is 2.00 bits per heavy atom. The lowest BCUT2D eigenvalue weighted by atomic mass is 10.3. The van der Waals surface area contributed by atoms with Crippen LogP contribution in [0.15, 0.2) is 35.2 Å². The maximum Gasteiger partial charge on any atom is 0.314 e. The first-order chi connectivity index (χ1) is 8.11. The highest BCUT2D eigenvalue weighted by atomic mass is 35.5. The maximum absolute atomic E-state index is 11.3. The van der Waals surface area contributed by atoms with Gasteiger partial charge in [-0.3, -0.25) is 9.59 Å². The lowest BCUT2D eigenvalue weighted by Gasteiger charge is -2.12. The summed E-state index contributed by atoms with van der Waals surface area (Å²) in [4.78, 5) is 23.2. The van der Waals surface area contributed by atoms with E-state index in [0.717, 1.165) is 4.90 Å². The third-order valence-electron chi connectivity index (χ3n) is 1.83. The summed E-state index contributed by atoms with van der Waals surface area (Å²) >= 11 is 6.72. The van der Waals surface area contributed by atoms with Gasteiger partial charge in [-0.15, -0.1) is 11.6 Å². The van der Waals surface area contributed by atoms with Gasteiger partial charge in [0.05, 0.1) is 5.88 Å². The van der Waals surface area contributed by atoms with Gasteiger partial charge in [-0.05, 0) is 19.1 Å². The number of thioether (sulfide) groups is 1. The van der Waals surface area contributed by atoms with Crippen LogP contribution in [0.5, 0.6) is 0 Å². The fraction of sp³-hybridized carbons (Fsp3) is 0.333. The van der Waals surface area contributed by atoms with Gasteiger partial charge in [-0.2, -0.15) is 0 Å². The molecule has 1 aromatic carbocycles. The number of ether oxygens (including phenoxy) is 1. The van der Waals surface area contributed by atoms with Gasteiger partial charge in [-0.25, -0.2) is 0 Å². The summed E-state index contributed by atoms with van der Waals surface area (Å²) in [5.74, 6) is -1.02. The molecule has 17 heavy (non-hydrogen) atoms. The molecule has 0 N–H and O–H groups in total. The molecule has 0 fully saturated rings. The molecule has 0 aliphatic rings. The second-order valence-corrected chi connectivity index (χ2v) is 4.98. The van der Waals surface area contributed by atoms with E-state index in [1.165, 1.54) is 11.8 Å². The van der Waals surface area contributed by atoms with Crippen molar-refractivity contribution >= 4 is 35.1 Å². The monoisotopic (exact) mass is 272 g/mol. The van der Waals surface area contributed by atoms with Gasteiger partial charge in [0.15, 0.2) is 5.78 Å². The van der Waals surface area contributed by atoms with Crippen LogP contribution in [0.4, 0.5) is 0 Å². The molecule has 1 atom stereocenters. The molecule has 1 unspecified atom stereocenters. The number of carbonyl (C=O) groups is 2. The van der Waals surface area contributed by atoms with Crippen molar-refractivity contribution in [1.82, 2.24) is 0 Å². The molecule has 0 aliphatic carbocycles. The molecule has 0 saturated carbocycles. The predicted molar refractivity (Wildman–Crippen MR) is 68.2 cm³/mol. The van der Waals surface area contributed by atoms with Gasteiger partial charge in [0.1, 0.15) is 11.9 Å². The summed E-state index contributed by atoms with van der Waals surface area (Å²) in [6.07, 6.45) is -0.261.